The molecule has 2 aromatic heterocycles. The standard InChI is InChI=1S/C23H21ClN6/c1-14-13-29(19-7-5-18(24)6-8-19)21-11-16(17-4-10-22(25)26-12-17)3-9-20(21)30-15(2)27-28-23(14)30/h3-12,14H,13H2,1-2H3,(H2,25,26)/t14-/m0/s1. The molecule has 150 valence electrons. The molecule has 0 radical (unpaired) electrons. The van der Waals surface area contributed by atoms with Crippen molar-refractivity contribution >= 4 is 28.8 Å². The van der Waals surface area contributed by atoms with Gasteiger partial charge in [0.25, 0.3) is 0 Å². The van der Waals surface area contributed by atoms with E-state index in [0.717, 1.165) is 51.4 Å². The van der Waals surface area contributed by atoms with Crippen LogP contribution in [0.25, 0.3) is 16.8 Å². The van der Waals surface area contributed by atoms with Crippen molar-refractivity contribution in [3.63, 3.8) is 0 Å². The fourth-order valence-electron chi connectivity index (χ4n) is 4.00. The lowest BCUT2D eigenvalue weighted by atomic mass is 10.0. The summed E-state index contributed by atoms with van der Waals surface area (Å²) in [5.41, 5.74) is 11.1. The summed E-state index contributed by atoms with van der Waals surface area (Å²) in [5.74, 6) is 2.54. The molecule has 4 aromatic rings. The normalized spacial score (nSPS) is 15.4. The lowest BCUT2D eigenvalue weighted by Crippen LogP contribution is -2.22. The minimum Gasteiger partial charge on any atom is -0.384 e. The van der Waals surface area contributed by atoms with Crippen LogP contribution < -0.4 is 10.6 Å². The minimum atomic E-state index is 0.191. The summed E-state index contributed by atoms with van der Waals surface area (Å²) < 4.78 is 2.15. The molecule has 0 saturated heterocycles. The molecule has 0 saturated carbocycles. The number of aromatic nitrogens is 4. The maximum Gasteiger partial charge on any atom is 0.142 e. The van der Waals surface area contributed by atoms with Crippen LogP contribution in [0.3, 0.4) is 0 Å². The van der Waals surface area contributed by atoms with E-state index in [-0.39, 0.29) is 5.92 Å². The van der Waals surface area contributed by atoms with Crippen molar-refractivity contribution in [3.05, 3.63) is 77.5 Å². The van der Waals surface area contributed by atoms with E-state index in [1.807, 2.05) is 31.2 Å². The smallest absolute Gasteiger partial charge is 0.142 e. The van der Waals surface area contributed by atoms with Crippen LogP contribution in [-0.4, -0.2) is 26.3 Å². The second kappa shape index (κ2) is 7.15. The Kier molecular flexibility index (Phi) is 4.44. The van der Waals surface area contributed by atoms with Gasteiger partial charge in [0.05, 0.1) is 11.4 Å². The maximum absolute atomic E-state index is 6.15. The summed E-state index contributed by atoms with van der Waals surface area (Å²) in [6.45, 7) is 4.94. The molecule has 6 nitrogen and oxygen atoms in total. The molecular weight excluding hydrogens is 396 g/mol. The van der Waals surface area contributed by atoms with E-state index in [0.29, 0.717) is 5.82 Å². The highest BCUT2D eigenvalue weighted by Gasteiger charge is 2.28. The van der Waals surface area contributed by atoms with Crippen LogP contribution >= 0.6 is 11.6 Å². The van der Waals surface area contributed by atoms with Crippen molar-refractivity contribution in [1.29, 1.82) is 0 Å². The van der Waals surface area contributed by atoms with E-state index in [1.54, 1.807) is 6.20 Å². The highest BCUT2D eigenvalue weighted by atomic mass is 35.5. The SMILES string of the molecule is Cc1nnc2n1-c1ccc(-c3ccc(N)nc3)cc1N(c1ccc(Cl)cc1)C[C@@H]2C. The third-order valence-corrected chi connectivity index (χ3v) is 5.76. The number of halogens is 1. The molecule has 30 heavy (non-hydrogen) atoms. The molecule has 5 rings (SSSR count). The predicted molar refractivity (Wildman–Crippen MR) is 121 cm³/mol. The van der Waals surface area contributed by atoms with Gasteiger partial charge >= 0.3 is 0 Å². The van der Waals surface area contributed by atoms with Crippen molar-refractivity contribution in [2.75, 3.05) is 17.2 Å². The Morgan fingerprint density at radius 3 is 2.47 bits per heavy atom. The molecule has 0 amide bonds. The Morgan fingerprint density at radius 1 is 0.967 bits per heavy atom. The number of fused-ring (bicyclic) bond motifs is 3. The van der Waals surface area contributed by atoms with Crippen LogP contribution in [0, 0.1) is 6.92 Å². The first-order chi connectivity index (χ1) is 14.5. The molecule has 1 aliphatic heterocycles. The number of aryl methyl sites for hydroxylation is 1. The topological polar surface area (TPSA) is 72.9 Å². The van der Waals surface area contributed by atoms with Crippen LogP contribution in [-0.2, 0) is 0 Å². The summed E-state index contributed by atoms with van der Waals surface area (Å²) in [6, 6.07) is 18.2. The van der Waals surface area contributed by atoms with Gasteiger partial charge < -0.3 is 10.6 Å². The second-order valence-electron chi connectivity index (χ2n) is 7.60. The predicted octanol–water partition coefficient (Wildman–Crippen LogP) is 5.13. The summed E-state index contributed by atoms with van der Waals surface area (Å²) in [5, 5.41) is 9.53. The molecule has 2 aromatic carbocycles. The number of hydrogen-bond donors (Lipinski definition) is 1. The van der Waals surface area contributed by atoms with Crippen LogP contribution in [0.15, 0.2) is 60.8 Å². The van der Waals surface area contributed by atoms with Gasteiger partial charge in [0.15, 0.2) is 0 Å². The Bertz CT molecular complexity index is 1210. The summed E-state index contributed by atoms with van der Waals surface area (Å²) in [4.78, 5) is 6.57. The van der Waals surface area contributed by atoms with Gasteiger partial charge in [-0.3, -0.25) is 4.57 Å². The van der Waals surface area contributed by atoms with Gasteiger partial charge in [0.1, 0.15) is 17.5 Å². The average Bonchev–Trinajstić information content (AvgIpc) is 3.08. The second-order valence-corrected chi connectivity index (χ2v) is 8.04. The van der Waals surface area contributed by atoms with E-state index in [1.165, 1.54) is 0 Å². The lowest BCUT2D eigenvalue weighted by molar-refractivity contribution is 0.696. The number of anilines is 3. The van der Waals surface area contributed by atoms with E-state index in [4.69, 9.17) is 17.3 Å². The van der Waals surface area contributed by atoms with Crippen LogP contribution in [0.5, 0.6) is 0 Å². The first-order valence-corrected chi connectivity index (χ1v) is 10.2. The number of rotatable bonds is 2. The molecule has 0 aliphatic carbocycles. The van der Waals surface area contributed by atoms with E-state index >= 15 is 0 Å². The minimum absolute atomic E-state index is 0.191. The quantitative estimate of drug-likeness (QED) is 0.490. The van der Waals surface area contributed by atoms with Gasteiger partial charge in [-0.1, -0.05) is 24.6 Å². The van der Waals surface area contributed by atoms with Crippen molar-refractivity contribution in [2.24, 2.45) is 0 Å². The molecule has 7 heteroatoms. The van der Waals surface area contributed by atoms with Crippen molar-refractivity contribution in [3.8, 4) is 16.8 Å². The number of nitrogens with zero attached hydrogens (tertiary/aromatic N) is 5. The number of benzene rings is 2. The van der Waals surface area contributed by atoms with Gasteiger partial charge in [-0.05, 0) is 61.0 Å². The highest BCUT2D eigenvalue weighted by molar-refractivity contribution is 6.30. The van der Waals surface area contributed by atoms with Gasteiger partial charge in [-0.25, -0.2) is 4.98 Å². The molecule has 0 unspecified atom stereocenters. The fraction of sp³-hybridized carbons (Fsp3) is 0.174. The number of nitrogens with two attached hydrogens (primary N) is 1. The first-order valence-electron chi connectivity index (χ1n) is 9.82. The van der Waals surface area contributed by atoms with Gasteiger partial charge in [0, 0.05) is 34.9 Å². The van der Waals surface area contributed by atoms with E-state index in [2.05, 4.69) is 61.9 Å². The highest BCUT2D eigenvalue weighted by Crippen LogP contribution is 2.40. The molecule has 0 fully saturated rings. The van der Waals surface area contributed by atoms with Gasteiger partial charge in [0.2, 0.25) is 0 Å². The Morgan fingerprint density at radius 2 is 1.73 bits per heavy atom. The van der Waals surface area contributed by atoms with Crippen LogP contribution in [0.1, 0.15) is 24.5 Å². The Labute approximate surface area is 180 Å². The Balaban J connectivity index is 1.73. The molecule has 0 spiro atoms. The summed E-state index contributed by atoms with van der Waals surface area (Å²) >= 11 is 6.15. The zero-order valence-electron chi connectivity index (χ0n) is 16.7. The summed E-state index contributed by atoms with van der Waals surface area (Å²) in [7, 11) is 0. The molecule has 1 aliphatic rings. The molecule has 2 N–H and O–H groups in total. The van der Waals surface area contributed by atoms with Gasteiger partial charge in [-0.2, -0.15) is 0 Å². The van der Waals surface area contributed by atoms with Crippen molar-refractivity contribution in [1.82, 2.24) is 19.7 Å². The third-order valence-electron chi connectivity index (χ3n) is 5.51. The largest absolute Gasteiger partial charge is 0.384 e. The Hall–Kier alpha value is -3.38. The summed E-state index contributed by atoms with van der Waals surface area (Å²) in [6.07, 6.45) is 1.80. The fourth-order valence-corrected chi connectivity index (χ4v) is 4.13. The molecular formula is C23H21ClN6. The maximum atomic E-state index is 6.15. The number of hydrogen-bond acceptors (Lipinski definition) is 5. The molecule has 3 heterocycles. The third kappa shape index (κ3) is 3.09. The number of pyridine rings is 1. The van der Waals surface area contributed by atoms with Crippen molar-refractivity contribution in [2.45, 2.75) is 19.8 Å². The molecule has 0 bridgehead atoms. The van der Waals surface area contributed by atoms with E-state index < -0.39 is 0 Å². The lowest BCUT2D eigenvalue weighted by Gasteiger charge is -2.27. The van der Waals surface area contributed by atoms with Crippen LogP contribution in [0.4, 0.5) is 17.2 Å². The van der Waals surface area contributed by atoms with Crippen molar-refractivity contribution < 1.29 is 0 Å². The first kappa shape index (κ1) is 18.6. The monoisotopic (exact) mass is 416 g/mol. The van der Waals surface area contributed by atoms with E-state index in [9.17, 15) is 0 Å². The van der Waals surface area contributed by atoms with Gasteiger partial charge in [-0.15, -0.1) is 10.2 Å². The molecule has 1 atom stereocenters. The van der Waals surface area contributed by atoms with Crippen LogP contribution in [0.2, 0.25) is 5.02 Å². The average molecular weight is 417 g/mol. The zero-order chi connectivity index (χ0) is 20.8. The number of nitrogen functional groups attached to an aromatic ring is 1. The zero-order valence-corrected chi connectivity index (χ0v) is 17.5.